The molecule has 3 N–H and O–H groups in total. The molecule has 0 atom stereocenters. The highest BCUT2D eigenvalue weighted by Gasteiger charge is 2.31. The van der Waals surface area contributed by atoms with Gasteiger partial charge in [0, 0.05) is 6.54 Å². The average molecular weight is 299 g/mol. The Balaban J connectivity index is 2.02. The number of nitrogens with zero attached hydrogens (tertiary/aromatic N) is 1. The first-order valence-electron chi connectivity index (χ1n) is 6.75. The summed E-state index contributed by atoms with van der Waals surface area (Å²) in [6.45, 7) is 2.54. The fourth-order valence-corrected chi connectivity index (χ4v) is 2.65. The zero-order valence-electron chi connectivity index (χ0n) is 11.4. The van der Waals surface area contributed by atoms with Crippen LogP contribution in [0.25, 0.3) is 0 Å². The average Bonchev–Trinajstić information content (AvgIpc) is 2.40. The van der Waals surface area contributed by atoms with E-state index in [1.165, 1.54) is 12.1 Å². The number of pyridine rings is 1. The molecule has 0 amide bonds. The van der Waals surface area contributed by atoms with E-state index >= 15 is 0 Å². The zero-order valence-corrected chi connectivity index (χ0v) is 12.2. The molecule has 2 rings (SSSR count). The normalized spacial score (nSPS) is 26.2. The second-order valence-corrected chi connectivity index (χ2v) is 6.02. The first-order chi connectivity index (χ1) is 9.38. The van der Waals surface area contributed by atoms with Crippen LogP contribution in [0, 0.1) is 5.92 Å². The molecule has 0 bridgehead atoms. The Kier molecular flexibility index (Phi) is 4.50. The maximum atomic E-state index is 10.9. The molecule has 1 aromatic heterocycles. The summed E-state index contributed by atoms with van der Waals surface area (Å²) in [5, 5.41) is 22.5. The van der Waals surface area contributed by atoms with Gasteiger partial charge in [0.15, 0.2) is 0 Å². The summed E-state index contributed by atoms with van der Waals surface area (Å²) in [5.41, 5.74) is -0.670. The van der Waals surface area contributed by atoms with Crippen molar-refractivity contribution >= 4 is 23.4 Å². The van der Waals surface area contributed by atoms with Gasteiger partial charge in [0.1, 0.15) is 11.0 Å². The quantitative estimate of drug-likeness (QED) is 0.745. The molecular weight excluding hydrogens is 280 g/mol. The molecule has 1 aromatic rings. The predicted octanol–water partition coefficient (Wildman–Crippen LogP) is 2.79. The molecule has 6 heteroatoms. The van der Waals surface area contributed by atoms with E-state index in [9.17, 15) is 9.90 Å². The van der Waals surface area contributed by atoms with Gasteiger partial charge in [-0.1, -0.05) is 18.5 Å². The molecule has 0 unspecified atom stereocenters. The number of nitrogens with one attached hydrogen (secondary N) is 1. The third-order valence-electron chi connectivity index (χ3n) is 3.84. The van der Waals surface area contributed by atoms with E-state index in [4.69, 9.17) is 16.7 Å². The molecule has 1 aliphatic carbocycles. The molecule has 0 aromatic carbocycles. The van der Waals surface area contributed by atoms with Crippen molar-refractivity contribution in [2.75, 3.05) is 11.9 Å². The lowest BCUT2D eigenvalue weighted by Gasteiger charge is -2.35. The Morgan fingerprint density at radius 3 is 2.75 bits per heavy atom. The van der Waals surface area contributed by atoms with Crippen LogP contribution in [0.2, 0.25) is 5.15 Å². The molecule has 0 aliphatic heterocycles. The lowest BCUT2D eigenvalue weighted by atomic mass is 9.79. The van der Waals surface area contributed by atoms with Gasteiger partial charge in [0.2, 0.25) is 0 Å². The number of carbonyl (C=O) groups is 1. The van der Waals surface area contributed by atoms with Gasteiger partial charge >= 0.3 is 5.97 Å². The monoisotopic (exact) mass is 298 g/mol. The number of hydrogen-bond acceptors (Lipinski definition) is 4. The summed E-state index contributed by atoms with van der Waals surface area (Å²) >= 11 is 5.79. The Labute approximate surface area is 123 Å². The van der Waals surface area contributed by atoms with E-state index in [-0.39, 0.29) is 10.7 Å². The van der Waals surface area contributed by atoms with Gasteiger partial charge in [-0.05, 0) is 43.7 Å². The lowest BCUT2D eigenvalue weighted by Crippen LogP contribution is -2.40. The first kappa shape index (κ1) is 15.1. The fourth-order valence-electron chi connectivity index (χ4n) is 2.44. The SMILES string of the molecule is CC1CCC(O)(CNc2cc(C(=O)O)cc(Cl)n2)CC1. The van der Waals surface area contributed by atoms with E-state index in [0.29, 0.717) is 18.3 Å². The third kappa shape index (κ3) is 3.84. The molecule has 110 valence electrons. The van der Waals surface area contributed by atoms with E-state index in [0.717, 1.165) is 25.7 Å². The smallest absolute Gasteiger partial charge is 0.335 e. The number of halogens is 1. The van der Waals surface area contributed by atoms with Gasteiger partial charge in [-0.15, -0.1) is 0 Å². The number of anilines is 1. The molecule has 5 nitrogen and oxygen atoms in total. The van der Waals surface area contributed by atoms with Crippen LogP contribution in [0.4, 0.5) is 5.82 Å². The highest BCUT2D eigenvalue weighted by molar-refractivity contribution is 6.29. The summed E-state index contributed by atoms with van der Waals surface area (Å²) in [6.07, 6.45) is 3.49. The summed E-state index contributed by atoms with van der Waals surface area (Å²) in [6, 6.07) is 2.72. The van der Waals surface area contributed by atoms with Crippen LogP contribution in [0.1, 0.15) is 43.0 Å². The fraction of sp³-hybridized carbons (Fsp3) is 0.571. The molecular formula is C14H19ClN2O3. The van der Waals surface area contributed by atoms with Crippen LogP contribution in [-0.2, 0) is 0 Å². The lowest BCUT2D eigenvalue weighted by molar-refractivity contribution is 0.00494. The molecule has 0 radical (unpaired) electrons. The molecule has 0 spiro atoms. The van der Waals surface area contributed by atoms with Crippen LogP contribution in [0.15, 0.2) is 12.1 Å². The summed E-state index contributed by atoms with van der Waals surface area (Å²) in [4.78, 5) is 15.0. The molecule has 1 aliphatic rings. The summed E-state index contributed by atoms with van der Waals surface area (Å²) in [5.74, 6) is -0.0253. The maximum Gasteiger partial charge on any atom is 0.335 e. The molecule has 1 saturated carbocycles. The summed E-state index contributed by atoms with van der Waals surface area (Å²) < 4.78 is 0. The Morgan fingerprint density at radius 2 is 2.15 bits per heavy atom. The minimum Gasteiger partial charge on any atom is -0.478 e. The van der Waals surface area contributed by atoms with Crippen molar-refractivity contribution in [3.8, 4) is 0 Å². The van der Waals surface area contributed by atoms with E-state index < -0.39 is 11.6 Å². The number of carboxylic acids is 1. The molecule has 0 saturated heterocycles. The largest absolute Gasteiger partial charge is 0.478 e. The number of rotatable bonds is 4. The number of aromatic nitrogens is 1. The predicted molar refractivity (Wildman–Crippen MR) is 77.3 cm³/mol. The van der Waals surface area contributed by atoms with E-state index in [2.05, 4.69) is 17.2 Å². The highest BCUT2D eigenvalue weighted by Crippen LogP contribution is 2.32. The van der Waals surface area contributed by atoms with E-state index in [1.807, 2.05) is 0 Å². The minimum absolute atomic E-state index is 0.0803. The molecule has 20 heavy (non-hydrogen) atoms. The van der Waals surface area contributed by atoms with Crippen molar-refractivity contribution < 1.29 is 15.0 Å². The Hall–Kier alpha value is -1.33. The molecule has 1 heterocycles. The number of aromatic carboxylic acids is 1. The third-order valence-corrected chi connectivity index (χ3v) is 4.04. The van der Waals surface area contributed by atoms with Crippen LogP contribution in [-0.4, -0.2) is 33.3 Å². The maximum absolute atomic E-state index is 10.9. The number of aliphatic hydroxyl groups is 1. The second-order valence-electron chi connectivity index (χ2n) is 5.63. The number of hydrogen-bond donors (Lipinski definition) is 3. The Morgan fingerprint density at radius 1 is 1.50 bits per heavy atom. The van der Waals surface area contributed by atoms with Crippen LogP contribution in [0.5, 0.6) is 0 Å². The first-order valence-corrected chi connectivity index (χ1v) is 7.13. The van der Waals surface area contributed by atoms with Gasteiger partial charge in [0.05, 0.1) is 11.2 Å². The van der Waals surface area contributed by atoms with Crippen LogP contribution >= 0.6 is 11.6 Å². The Bertz CT molecular complexity index is 499. The van der Waals surface area contributed by atoms with Crippen molar-refractivity contribution in [2.45, 2.75) is 38.2 Å². The standard InChI is InChI=1S/C14H19ClN2O3/c1-9-2-4-14(20,5-3-9)8-16-12-7-10(13(18)19)6-11(15)17-12/h6-7,9,20H,2-5,8H2,1H3,(H,16,17)(H,18,19). The van der Waals surface area contributed by atoms with Gasteiger partial charge in [0.25, 0.3) is 0 Å². The summed E-state index contributed by atoms with van der Waals surface area (Å²) in [7, 11) is 0. The van der Waals surface area contributed by atoms with E-state index in [1.54, 1.807) is 0 Å². The minimum atomic E-state index is -1.05. The van der Waals surface area contributed by atoms with Gasteiger partial charge < -0.3 is 15.5 Å². The van der Waals surface area contributed by atoms with Gasteiger partial charge in [-0.3, -0.25) is 0 Å². The zero-order chi connectivity index (χ0) is 14.8. The van der Waals surface area contributed by atoms with Crippen molar-refractivity contribution in [3.05, 3.63) is 22.8 Å². The highest BCUT2D eigenvalue weighted by atomic mass is 35.5. The van der Waals surface area contributed by atoms with Crippen LogP contribution < -0.4 is 5.32 Å². The van der Waals surface area contributed by atoms with Crippen LogP contribution in [0.3, 0.4) is 0 Å². The van der Waals surface area contributed by atoms with Gasteiger partial charge in [-0.2, -0.15) is 0 Å². The number of carboxylic acid groups (broad SMARTS) is 1. The molecule has 1 fully saturated rings. The second kappa shape index (κ2) is 5.97. The van der Waals surface area contributed by atoms with Crippen molar-refractivity contribution in [1.82, 2.24) is 4.98 Å². The van der Waals surface area contributed by atoms with Crippen molar-refractivity contribution in [1.29, 1.82) is 0 Å². The van der Waals surface area contributed by atoms with Crippen molar-refractivity contribution in [3.63, 3.8) is 0 Å². The van der Waals surface area contributed by atoms with Crippen molar-refractivity contribution in [2.24, 2.45) is 5.92 Å². The topological polar surface area (TPSA) is 82.5 Å². The van der Waals surface area contributed by atoms with Gasteiger partial charge in [-0.25, -0.2) is 9.78 Å².